The number of hydrogen-bond donors (Lipinski definition) is 0. The third kappa shape index (κ3) is 2.29. The van der Waals surface area contributed by atoms with Gasteiger partial charge in [0, 0.05) is 19.5 Å². The van der Waals surface area contributed by atoms with Gasteiger partial charge < -0.3 is 23.8 Å². The highest BCUT2D eigenvalue weighted by Gasteiger charge is 2.58. The molecule has 0 N–H and O–H groups in total. The fourth-order valence-corrected chi connectivity index (χ4v) is 3.51. The van der Waals surface area contributed by atoms with Crippen LogP contribution in [0.1, 0.15) is 33.1 Å². The number of amides is 1. The average Bonchev–Trinajstić information content (AvgIpc) is 2.98. The van der Waals surface area contributed by atoms with Crippen molar-refractivity contribution in [2.75, 3.05) is 32.9 Å². The molecule has 3 aliphatic heterocycles. The molecule has 6 nitrogen and oxygen atoms in total. The van der Waals surface area contributed by atoms with Crippen molar-refractivity contribution >= 4 is 6.09 Å². The minimum atomic E-state index is -0.563. The lowest BCUT2D eigenvalue weighted by Gasteiger charge is -2.38. The number of ether oxygens (including phenoxy) is 4. The third-order valence-electron chi connectivity index (χ3n) is 4.59. The van der Waals surface area contributed by atoms with Gasteiger partial charge in [-0.2, -0.15) is 0 Å². The molecule has 0 aromatic rings. The molecule has 3 saturated heterocycles. The van der Waals surface area contributed by atoms with E-state index in [4.69, 9.17) is 18.9 Å². The minimum absolute atomic E-state index is 0.0563. The Kier molecular flexibility index (Phi) is 3.64. The van der Waals surface area contributed by atoms with Crippen molar-refractivity contribution < 1.29 is 23.7 Å². The van der Waals surface area contributed by atoms with E-state index in [-0.39, 0.29) is 17.8 Å². The zero-order valence-electron chi connectivity index (χ0n) is 12.2. The van der Waals surface area contributed by atoms with Gasteiger partial charge in [-0.3, -0.25) is 0 Å². The molecular formula is C14H23NO5. The first-order valence-corrected chi connectivity index (χ1v) is 7.47. The predicted molar refractivity (Wildman–Crippen MR) is 70.4 cm³/mol. The van der Waals surface area contributed by atoms with E-state index in [9.17, 15) is 4.79 Å². The van der Waals surface area contributed by atoms with Gasteiger partial charge in [0.1, 0.15) is 6.10 Å². The monoisotopic (exact) mass is 285 g/mol. The van der Waals surface area contributed by atoms with Crippen LogP contribution in [0.4, 0.5) is 4.79 Å². The van der Waals surface area contributed by atoms with Gasteiger partial charge in [0.05, 0.1) is 25.4 Å². The Morgan fingerprint density at radius 1 is 1.30 bits per heavy atom. The standard InChI is InChI=1S/C14H23NO5/c1-3-17-12(16)15-6-4-13(5-7-15)10-14(11(2)20-13)18-8-9-19-14/h11H,3-10H2,1-2H3. The number of nitrogens with zero attached hydrogens (tertiary/aromatic N) is 1. The molecule has 0 radical (unpaired) electrons. The molecule has 20 heavy (non-hydrogen) atoms. The van der Waals surface area contributed by atoms with Crippen LogP contribution in [-0.4, -0.2) is 61.4 Å². The molecule has 1 amide bonds. The van der Waals surface area contributed by atoms with Gasteiger partial charge in [-0.1, -0.05) is 0 Å². The Balaban J connectivity index is 1.62. The summed E-state index contributed by atoms with van der Waals surface area (Å²) in [6, 6.07) is 0. The highest BCUT2D eigenvalue weighted by Crippen LogP contribution is 2.48. The van der Waals surface area contributed by atoms with E-state index in [0.29, 0.717) is 32.9 Å². The number of carbonyl (C=O) groups excluding carboxylic acids is 1. The lowest BCUT2D eigenvalue weighted by Crippen LogP contribution is -2.47. The fraction of sp³-hybridized carbons (Fsp3) is 0.929. The molecule has 3 aliphatic rings. The van der Waals surface area contributed by atoms with Crippen molar-refractivity contribution in [2.24, 2.45) is 0 Å². The number of piperidine rings is 1. The third-order valence-corrected chi connectivity index (χ3v) is 4.59. The van der Waals surface area contributed by atoms with Crippen LogP contribution >= 0.6 is 0 Å². The van der Waals surface area contributed by atoms with Gasteiger partial charge in [0.2, 0.25) is 0 Å². The van der Waals surface area contributed by atoms with Crippen LogP contribution in [0.3, 0.4) is 0 Å². The maximum Gasteiger partial charge on any atom is 0.409 e. The van der Waals surface area contributed by atoms with Crippen LogP contribution in [0.25, 0.3) is 0 Å². The summed E-state index contributed by atoms with van der Waals surface area (Å²) in [5.41, 5.74) is -0.216. The average molecular weight is 285 g/mol. The summed E-state index contributed by atoms with van der Waals surface area (Å²) in [5.74, 6) is -0.563. The summed E-state index contributed by atoms with van der Waals surface area (Å²) in [6.45, 7) is 6.86. The molecule has 3 fully saturated rings. The van der Waals surface area contributed by atoms with Crippen LogP contribution in [0.2, 0.25) is 0 Å². The zero-order valence-corrected chi connectivity index (χ0v) is 12.2. The van der Waals surface area contributed by atoms with Gasteiger partial charge in [-0.15, -0.1) is 0 Å². The van der Waals surface area contributed by atoms with Crippen LogP contribution < -0.4 is 0 Å². The molecule has 0 bridgehead atoms. The highest BCUT2D eigenvalue weighted by atomic mass is 16.8. The first-order valence-electron chi connectivity index (χ1n) is 7.47. The molecule has 0 aromatic carbocycles. The van der Waals surface area contributed by atoms with Crippen LogP contribution in [0.15, 0.2) is 0 Å². The van der Waals surface area contributed by atoms with E-state index in [1.54, 1.807) is 4.90 Å². The summed E-state index contributed by atoms with van der Waals surface area (Å²) in [6.07, 6.45) is 2.10. The second kappa shape index (κ2) is 5.16. The summed E-state index contributed by atoms with van der Waals surface area (Å²) >= 11 is 0. The Morgan fingerprint density at radius 3 is 2.55 bits per heavy atom. The Labute approximate surface area is 119 Å². The molecule has 0 aliphatic carbocycles. The van der Waals surface area contributed by atoms with E-state index in [0.717, 1.165) is 19.3 Å². The lowest BCUT2D eigenvalue weighted by molar-refractivity contribution is -0.185. The van der Waals surface area contributed by atoms with Crippen LogP contribution in [0.5, 0.6) is 0 Å². The summed E-state index contributed by atoms with van der Waals surface area (Å²) < 4.78 is 22.8. The molecule has 1 unspecified atom stereocenters. The molecule has 6 heteroatoms. The first kappa shape index (κ1) is 14.1. The molecule has 3 rings (SSSR count). The van der Waals surface area contributed by atoms with Gasteiger partial charge in [-0.25, -0.2) is 4.79 Å². The molecule has 0 aromatic heterocycles. The van der Waals surface area contributed by atoms with E-state index >= 15 is 0 Å². The van der Waals surface area contributed by atoms with E-state index in [1.807, 2.05) is 13.8 Å². The first-order chi connectivity index (χ1) is 9.59. The molecule has 3 heterocycles. The fourth-order valence-electron chi connectivity index (χ4n) is 3.51. The molecule has 1 atom stereocenters. The molecule has 2 spiro atoms. The Morgan fingerprint density at radius 2 is 1.95 bits per heavy atom. The topological polar surface area (TPSA) is 57.2 Å². The second-order valence-electron chi connectivity index (χ2n) is 5.81. The molecular weight excluding hydrogens is 262 g/mol. The largest absolute Gasteiger partial charge is 0.450 e. The predicted octanol–water partition coefficient (Wildman–Crippen LogP) is 1.53. The summed E-state index contributed by atoms with van der Waals surface area (Å²) in [7, 11) is 0. The van der Waals surface area contributed by atoms with Crippen molar-refractivity contribution in [1.82, 2.24) is 4.90 Å². The molecule has 114 valence electrons. The Bertz CT molecular complexity index is 372. The minimum Gasteiger partial charge on any atom is -0.450 e. The zero-order chi connectivity index (χ0) is 14.2. The Hall–Kier alpha value is -0.850. The number of carbonyl (C=O) groups is 1. The maximum atomic E-state index is 11.7. The summed E-state index contributed by atoms with van der Waals surface area (Å²) in [4.78, 5) is 13.5. The van der Waals surface area contributed by atoms with Crippen molar-refractivity contribution in [2.45, 2.75) is 50.6 Å². The number of hydrogen-bond acceptors (Lipinski definition) is 5. The highest BCUT2D eigenvalue weighted by molar-refractivity contribution is 5.67. The molecule has 0 saturated carbocycles. The van der Waals surface area contributed by atoms with Crippen LogP contribution in [-0.2, 0) is 18.9 Å². The quantitative estimate of drug-likeness (QED) is 0.731. The SMILES string of the molecule is CCOC(=O)N1CCC2(CC1)CC1(OCCO1)C(C)O2. The summed E-state index contributed by atoms with van der Waals surface area (Å²) in [5, 5.41) is 0. The van der Waals surface area contributed by atoms with E-state index < -0.39 is 5.79 Å². The van der Waals surface area contributed by atoms with E-state index in [1.165, 1.54) is 0 Å². The second-order valence-corrected chi connectivity index (χ2v) is 5.81. The van der Waals surface area contributed by atoms with Gasteiger partial charge >= 0.3 is 6.09 Å². The van der Waals surface area contributed by atoms with Gasteiger partial charge in [-0.05, 0) is 26.7 Å². The smallest absolute Gasteiger partial charge is 0.409 e. The van der Waals surface area contributed by atoms with Crippen molar-refractivity contribution in [3.05, 3.63) is 0 Å². The lowest BCUT2D eigenvalue weighted by atomic mass is 9.86. The van der Waals surface area contributed by atoms with Crippen molar-refractivity contribution in [3.8, 4) is 0 Å². The maximum absolute atomic E-state index is 11.7. The van der Waals surface area contributed by atoms with Crippen molar-refractivity contribution in [1.29, 1.82) is 0 Å². The number of likely N-dealkylation sites (tertiary alicyclic amines) is 1. The van der Waals surface area contributed by atoms with E-state index in [2.05, 4.69) is 0 Å². The van der Waals surface area contributed by atoms with Crippen LogP contribution in [0, 0.1) is 0 Å². The van der Waals surface area contributed by atoms with Gasteiger partial charge in [0.25, 0.3) is 0 Å². The van der Waals surface area contributed by atoms with Crippen molar-refractivity contribution in [3.63, 3.8) is 0 Å². The van der Waals surface area contributed by atoms with Gasteiger partial charge in [0.15, 0.2) is 5.79 Å². The normalized spacial score (nSPS) is 31.1. The number of rotatable bonds is 1.